The fourth-order valence-corrected chi connectivity index (χ4v) is 2.46. The Morgan fingerprint density at radius 1 is 1.56 bits per heavy atom. The molecule has 5 nitrogen and oxygen atoms in total. The van der Waals surface area contributed by atoms with Gasteiger partial charge in [-0.2, -0.15) is 0 Å². The number of thiazole rings is 1. The van der Waals surface area contributed by atoms with Crippen molar-refractivity contribution in [2.24, 2.45) is 0 Å². The summed E-state index contributed by atoms with van der Waals surface area (Å²) in [6.45, 7) is -0.376. The largest absolute Gasteiger partial charge is 0.480 e. The van der Waals surface area contributed by atoms with E-state index in [4.69, 9.17) is 22.4 Å². The summed E-state index contributed by atoms with van der Waals surface area (Å²) in [7, 11) is 0. The van der Waals surface area contributed by atoms with Crippen molar-refractivity contribution >= 4 is 44.8 Å². The van der Waals surface area contributed by atoms with Gasteiger partial charge in [-0.1, -0.05) is 22.9 Å². The van der Waals surface area contributed by atoms with Gasteiger partial charge in [-0.25, -0.2) is 0 Å². The maximum Gasteiger partial charge on any atom is 0.323 e. The Labute approximate surface area is 98.7 Å². The van der Waals surface area contributed by atoms with Gasteiger partial charge < -0.3 is 10.8 Å². The third-order valence-corrected chi connectivity index (χ3v) is 3.35. The lowest BCUT2D eigenvalue weighted by Crippen LogP contribution is -2.18. The van der Waals surface area contributed by atoms with Crippen LogP contribution in [-0.2, 0) is 11.3 Å². The molecular weight excluding hydrogens is 252 g/mol. The number of hydrogen-bond acceptors (Lipinski definition) is 4. The van der Waals surface area contributed by atoms with Crippen molar-refractivity contribution < 1.29 is 9.90 Å². The van der Waals surface area contributed by atoms with Gasteiger partial charge in [-0.3, -0.25) is 14.2 Å². The summed E-state index contributed by atoms with van der Waals surface area (Å²) in [6, 6.07) is 3.08. The number of anilines is 1. The zero-order valence-electron chi connectivity index (χ0n) is 7.94. The van der Waals surface area contributed by atoms with E-state index in [1.165, 1.54) is 6.07 Å². The van der Waals surface area contributed by atoms with Crippen LogP contribution >= 0.6 is 22.9 Å². The van der Waals surface area contributed by atoms with E-state index in [0.29, 0.717) is 20.9 Å². The average molecular weight is 259 g/mol. The van der Waals surface area contributed by atoms with Crippen molar-refractivity contribution in [1.82, 2.24) is 4.57 Å². The molecule has 0 aliphatic heterocycles. The Morgan fingerprint density at radius 2 is 2.25 bits per heavy atom. The predicted molar refractivity (Wildman–Crippen MR) is 63.1 cm³/mol. The maximum atomic E-state index is 11.5. The van der Waals surface area contributed by atoms with E-state index in [1.54, 1.807) is 6.07 Å². The van der Waals surface area contributed by atoms with Gasteiger partial charge in [0, 0.05) is 0 Å². The number of aromatic nitrogens is 1. The molecule has 16 heavy (non-hydrogen) atoms. The third-order valence-electron chi connectivity index (χ3n) is 2.08. The Hall–Kier alpha value is -1.53. The first-order chi connectivity index (χ1) is 7.49. The molecule has 2 rings (SSSR count). The van der Waals surface area contributed by atoms with Gasteiger partial charge in [-0.05, 0) is 12.1 Å². The molecule has 84 valence electrons. The van der Waals surface area contributed by atoms with E-state index in [0.717, 1.165) is 15.9 Å². The molecule has 0 radical (unpaired) electrons. The molecule has 0 fully saturated rings. The highest BCUT2D eigenvalue weighted by Crippen LogP contribution is 2.27. The van der Waals surface area contributed by atoms with E-state index < -0.39 is 5.97 Å². The average Bonchev–Trinajstić information content (AvgIpc) is 2.45. The Morgan fingerprint density at radius 3 is 2.88 bits per heavy atom. The molecule has 0 aliphatic carbocycles. The second-order valence-electron chi connectivity index (χ2n) is 3.19. The van der Waals surface area contributed by atoms with Crippen molar-refractivity contribution in [3.05, 3.63) is 26.8 Å². The summed E-state index contributed by atoms with van der Waals surface area (Å²) >= 11 is 6.77. The van der Waals surface area contributed by atoms with Crippen molar-refractivity contribution in [3.8, 4) is 0 Å². The quantitative estimate of drug-likeness (QED) is 0.797. The fraction of sp³-hybridized carbons (Fsp3) is 0.111. The standard InChI is InChI=1S/C9H7ClN2O3S/c10-4-1-6-7(2-5(4)11)16-9(15)12(6)3-8(13)14/h1-2H,3,11H2,(H,13,14). The van der Waals surface area contributed by atoms with Crippen LogP contribution in [0.3, 0.4) is 0 Å². The number of aliphatic carboxylic acids is 1. The minimum absolute atomic E-state index is 0.310. The maximum absolute atomic E-state index is 11.5. The van der Waals surface area contributed by atoms with Gasteiger partial charge in [0.05, 0.1) is 20.9 Å². The Balaban J connectivity index is 2.74. The van der Waals surface area contributed by atoms with Crippen LogP contribution in [0.25, 0.3) is 10.2 Å². The van der Waals surface area contributed by atoms with Crippen LogP contribution in [0.15, 0.2) is 16.9 Å². The zero-order valence-corrected chi connectivity index (χ0v) is 9.51. The Bertz CT molecular complexity index is 631. The molecule has 0 atom stereocenters. The number of carboxylic acids is 1. The highest BCUT2D eigenvalue weighted by molar-refractivity contribution is 7.16. The van der Waals surface area contributed by atoms with Crippen LogP contribution in [0.4, 0.5) is 5.69 Å². The van der Waals surface area contributed by atoms with E-state index in [-0.39, 0.29) is 11.4 Å². The first kappa shape index (κ1) is 11.0. The van der Waals surface area contributed by atoms with Crippen molar-refractivity contribution in [2.75, 3.05) is 5.73 Å². The monoisotopic (exact) mass is 258 g/mol. The lowest BCUT2D eigenvalue weighted by Gasteiger charge is -2.01. The molecule has 1 aromatic heterocycles. The molecule has 2 aromatic rings. The van der Waals surface area contributed by atoms with E-state index in [2.05, 4.69) is 0 Å². The molecule has 0 saturated heterocycles. The van der Waals surface area contributed by atoms with Gasteiger partial charge >= 0.3 is 10.8 Å². The molecule has 0 aliphatic rings. The molecule has 7 heteroatoms. The number of carboxylic acid groups (broad SMARTS) is 1. The number of nitrogen functional groups attached to an aromatic ring is 1. The highest BCUT2D eigenvalue weighted by Gasteiger charge is 2.12. The van der Waals surface area contributed by atoms with E-state index in [1.807, 2.05) is 0 Å². The molecule has 0 saturated carbocycles. The summed E-state index contributed by atoms with van der Waals surface area (Å²) in [5.41, 5.74) is 6.46. The van der Waals surface area contributed by atoms with E-state index in [9.17, 15) is 9.59 Å². The van der Waals surface area contributed by atoms with Gasteiger partial charge in [0.15, 0.2) is 0 Å². The molecular formula is C9H7ClN2O3S. The molecule has 1 aromatic carbocycles. The van der Waals surface area contributed by atoms with Gasteiger partial charge in [0.2, 0.25) is 0 Å². The normalized spacial score (nSPS) is 10.8. The smallest absolute Gasteiger partial charge is 0.323 e. The molecule has 0 amide bonds. The van der Waals surface area contributed by atoms with Crippen LogP contribution in [0, 0.1) is 0 Å². The number of fused-ring (bicyclic) bond motifs is 1. The van der Waals surface area contributed by atoms with Crippen molar-refractivity contribution in [2.45, 2.75) is 6.54 Å². The molecule has 0 unspecified atom stereocenters. The minimum Gasteiger partial charge on any atom is -0.480 e. The van der Waals surface area contributed by atoms with Crippen LogP contribution in [0.5, 0.6) is 0 Å². The number of carbonyl (C=O) groups is 1. The second-order valence-corrected chi connectivity index (χ2v) is 4.59. The highest BCUT2D eigenvalue weighted by atomic mass is 35.5. The number of halogens is 1. The summed E-state index contributed by atoms with van der Waals surface area (Å²) < 4.78 is 1.79. The molecule has 0 bridgehead atoms. The molecule has 3 N–H and O–H groups in total. The summed E-state index contributed by atoms with van der Waals surface area (Å²) in [4.78, 5) is 21.8. The van der Waals surface area contributed by atoms with Crippen LogP contribution < -0.4 is 10.6 Å². The minimum atomic E-state index is -1.07. The second kappa shape index (κ2) is 3.80. The predicted octanol–water partition coefficient (Wildman–Crippen LogP) is 1.38. The topological polar surface area (TPSA) is 85.3 Å². The first-order valence-corrected chi connectivity index (χ1v) is 5.48. The lowest BCUT2D eigenvalue weighted by molar-refractivity contribution is -0.137. The van der Waals surface area contributed by atoms with Gasteiger partial charge in [-0.15, -0.1) is 0 Å². The van der Waals surface area contributed by atoms with Crippen LogP contribution in [-0.4, -0.2) is 15.6 Å². The summed E-state index contributed by atoms with van der Waals surface area (Å²) in [6.07, 6.45) is 0. The number of hydrogen-bond donors (Lipinski definition) is 2. The number of nitrogens with two attached hydrogens (primary N) is 1. The zero-order chi connectivity index (χ0) is 11.9. The van der Waals surface area contributed by atoms with Gasteiger partial charge in [0.25, 0.3) is 0 Å². The van der Waals surface area contributed by atoms with Crippen LogP contribution in [0.1, 0.15) is 0 Å². The lowest BCUT2D eigenvalue weighted by atomic mass is 10.3. The fourth-order valence-electron chi connectivity index (χ4n) is 1.38. The first-order valence-electron chi connectivity index (χ1n) is 4.29. The molecule has 0 spiro atoms. The van der Waals surface area contributed by atoms with Crippen molar-refractivity contribution in [1.29, 1.82) is 0 Å². The summed E-state index contributed by atoms with van der Waals surface area (Å²) in [5.74, 6) is -1.07. The number of benzene rings is 1. The van der Waals surface area contributed by atoms with E-state index >= 15 is 0 Å². The SMILES string of the molecule is Nc1cc2sc(=O)n(CC(=O)O)c2cc1Cl. The van der Waals surface area contributed by atoms with Crippen molar-refractivity contribution in [3.63, 3.8) is 0 Å². The van der Waals surface area contributed by atoms with Crippen LogP contribution in [0.2, 0.25) is 5.02 Å². The Kier molecular flexibility index (Phi) is 2.61. The summed E-state index contributed by atoms with van der Waals surface area (Å²) in [5, 5.41) is 8.99. The molecule has 1 heterocycles. The number of nitrogens with zero attached hydrogens (tertiary/aromatic N) is 1. The van der Waals surface area contributed by atoms with Gasteiger partial charge in [0.1, 0.15) is 6.54 Å². The number of rotatable bonds is 2. The third kappa shape index (κ3) is 1.77.